The van der Waals surface area contributed by atoms with Gasteiger partial charge in [-0.2, -0.15) is 18.3 Å². The van der Waals surface area contributed by atoms with Gasteiger partial charge in [-0.25, -0.2) is 9.97 Å². The fourth-order valence-electron chi connectivity index (χ4n) is 6.85. The Morgan fingerprint density at radius 1 is 0.923 bits per heavy atom. The number of carbonyl (C=O) groups is 2. The van der Waals surface area contributed by atoms with E-state index in [1.54, 1.807) is 36.7 Å². The molecule has 0 bridgehead atoms. The van der Waals surface area contributed by atoms with Crippen LogP contribution >= 0.6 is 0 Å². The second-order valence-electron chi connectivity index (χ2n) is 12.8. The molecule has 2 amide bonds. The van der Waals surface area contributed by atoms with Gasteiger partial charge in [0.25, 0.3) is 5.91 Å². The molecule has 2 N–H and O–H groups in total. The molecule has 2 aromatic heterocycles. The van der Waals surface area contributed by atoms with E-state index in [4.69, 9.17) is 9.47 Å². The molecule has 2 aliphatic heterocycles. The summed E-state index contributed by atoms with van der Waals surface area (Å²) in [5.74, 6) is -0.00301. The molecular formula is C37H37F3N8O4. The largest absolute Gasteiger partial charge is 0.496 e. The first-order chi connectivity index (χ1) is 25.1. The molecule has 52 heavy (non-hydrogen) atoms. The van der Waals surface area contributed by atoms with Gasteiger partial charge in [0.1, 0.15) is 5.75 Å². The van der Waals surface area contributed by atoms with E-state index in [-0.39, 0.29) is 36.2 Å². The molecule has 0 spiro atoms. The number of piperazine rings is 1. The molecule has 0 radical (unpaired) electrons. The van der Waals surface area contributed by atoms with Crippen LogP contribution in [0.15, 0.2) is 79.1 Å². The zero-order valence-electron chi connectivity index (χ0n) is 28.6. The van der Waals surface area contributed by atoms with Crippen LogP contribution < -0.4 is 15.0 Å². The van der Waals surface area contributed by atoms with Crippen LogP contribution in [0.1, 0.15) is 12.0 Å². The summed E-state index contributed by atoms with van der Waals surface area (Å²) in [6, 6.07) is 18.7. The number of hydrogen-bond acceptors (Lipinski definition) is 9. The van der Waals surface area contributed by atoms with E-state index in [9.17, 15) is 22.8 Å². The summed E-state index contributed by atoms with van der Waals surface area (Å²) in [5.41, 5.74) is 1.45. The number of aromatic amines is 1. The van der Waals surface area contributed by atoms with Crippen molar-refractivity contribution >= 4 is 34.1 Å². The summed E-state index contributed by atoms with van der Waals surface area (Å²) in [5, 5.41) is 10.6. The molecule has 1 atom stereocenters. The maximum atomic E-state index is 13.7. The number of ether oxygens (including phenoxy) is 2. The normalized spacial score (nSPS) is 18.2. The Morgan fingerprint density at radius 3 is 2.35 bits per heavy atom. The number of fused-ring (bicyclic) bond motifs is 1. The van der Waals surface area contributed by atoms with Crippen molar-refractivity contribution in [1.29, 1.82) is 0 Å². The number of anilines is 2. The Morgan fingerprint density at radius 2 is 1.65 bits per heavy atom. The summed E-state index contributed by atoms with van der Waals surface area (Å²) in [6.07, 6.45) is -0.812. The molecule has 2 fully saturated rings. The third-order valence-corrected chi connectivity index (χ3v) is 9.76. The maximum Gasteiger partial charge on any atom is 0.419 e. The summed E-state index contributed by atoms with van der Waals surface area (Å²) < 4.78 is 51.9. The molecule has 0 saturated carbocycles. The van der Waals surface area contributed by atoms with E-state index in [1.165, 1.54) is 26.4 Å². The SMILES string of the molecule is COc1ccc(-c2n[nH]c3ccc(NC(=O)[C@]4(OC)CCN(CC(=O)N5CCN(c6ccc(-c7ncccn7)cc6)CC5)C4)cc23)cc1C(F)(F)F. The number of benzene rings is 3. The molecular weight excluding hydrogens is 677 g/mol. The highest BCUT2D eigenvalue weighted by Gasteiger charge is 2.46. The highest BCUT2D eigenvalue weighted by molar-refractivity contribution is 6.01. The van der Waals surface area contributed by atoms with Crippen molar-refractivity contribution in [2.75, 3.05) is 70.2 Å². The predicted molar refractivity (Wildman–Crippen MR) is 189 cm³/mol. The van der Waals surface area contributed by atoms with Crippen LogP contribution in [-0.4, -0.2) is 107 Å². The van der Waals surface area contributed by atoms with E-state index >= 15 is 0 Å². The molecule has 0 unspecified atom stereocenters. The number of hydrogen-bond donors (Lipinski definition) is 2. The number of halogens is 3. The first kappa shape index (κ1) is 34.9. The second-order valence-corrected chi connectivity index (χ2v) is 12.8. The first-order valence-electron chi connectivity index (χ1n) is 16.8. The Bertz CT molecular complexity index is 2070. The highest BCUT2D eigenvalue weighted by atomic mass is 19.4. The van der Waals surface area contributed by atoms with Crippen LogP contribution in [0.4, 0.5) is 24.5 Å². The van der Waals surface area contributed by atoms with Gasteiger partial charge in [-0.05, 0) is 73.2 Å². The van der Waals surface area contributed by atoms with Gasteiger partial charge in [-0.3, -0.25) is 19.6 Å². The molecule has 7 rings (SSSR count). The van der Waals surface area contributed by atoms with Crippen molar-refractivity contribution in [3.8, 4) is 28.4 Å². The molecule has 5 aromatic rings. The lowest BCUT2D eigenvalue weighted by atomic mass is 10.0. The van der Waals surface area contributed by atoms with Crippen molar-refractivity contribution in [1.82, 2.24) is 30.0 Å². The molecule has 12 nitrogen and oxygen atoms in total. The number of rotatable bonds is 9. The first-order valence-corrected chi connectivity index (χ1v) is 16.8. The van der Waals surface area contributed by atoms with Gasteiger partial charge >= 0.3 is 6.18 Å². The third-order valence-electron chi connectivity index (χ3n) is 9.76. The second kappa shape index (κ2) is 14.2. The van der Waals surface area contributed by atoms with Crippen molar-refractivity contribution < 1.29 is 32.2 Å². The van der Waals surface area contributed by atoms with Gasteiger partial charge in [0.05, 0.1) is 30.4 Å². The Balaban J connectivity index is 0.962. The lowest BCUT2D eigenvalue weighted by molar-refractivity contribution is -0.138. The number of alkyl halides is 3. The number of carbonyl (C=O) groups excluding carboxylic acids is 2. The standard InChI is InChI=1S/C37H37F3N8O4/c1-51-31-11-6-25(20-29(31)37(38,39)40)33-28-21-26(7-10-30(28)44-45-33)43-35(50)36(52-2)12-15-46(23-36)22-32(49)48-18-16-47(17-19-48)27-8-4-24(5-9-27)34-41-13-3-14-42-34/h3-11,13-14,20-21H,12,15-19,22-23H2,1-2H3,(H,43,50)(H,44,45)/t36-/m0/s1. The van der Waals surface area contributed by atoms with Gasteiger partial charge in [0.15, 0.2) is 11.4 Å². The maximum absolute atomic E-state index is 13.7. The number of likely N-dealkylation sites (tertiary alicyclic amines) is 1. The molecule has 0 aliphatic carbocycles. The molecule has 3 aromatic carbocycles. The quantitative estimate of drug-likeness (QED) is 0.215. The van der Waals surface area contributed by atoms with Gasteiger partial charge in [-0.15, -0.1) is 0 Å². The summed E-state index contributed by atoms with van der Waals surface area (Å²) in [7, 11) is 2.66. The Kier molecular flexibility index (Phi) is 9.55. The van der Waals surface area contributed by atoms with E-state index in [0.717, 1.165) is 17.3 Å². The predicted octanol–water partition coefficient (Wildman–Crippen LogP) is 5.09. The minimum absolute atomic E-state index is 0.00585. The lowest BCUT2D eigenvalue weighted by Crippen LogP contribution is -2.52. The number of aromatic nitrogens is 4. The Hall–Kier alpha value is -5.54. The summed E-state index contributed by atoms with van der Waals surface area (Å²) in [6.45, 7) is 3.44. The van der Waals surface area contributed by atoms with E-state index in [0.29, 0.717) is 67.3 Å². The van der Waals surface area contributed by atoms with E-state index < -0.39 is 17.3 Å². The van der Waals surface area contributed by atoms with Gasteiger partial charge in [0.2, 0.25) is 5.91 Å². The number of nitrogens with one attached hydrogen (secondary N) is 2. The van der Waals surface area contributed by atoms with Crippen LogP contribution in [0, 0.1) is 0 Å². The molecule has 2 aliphatic rings. The average Bonchev–Trinajstić information content (AvgIpc) is 3.79. The zero-order chi connectivity index (χ0) is 36.5. The number of methoxy groups -OCH3 is 2. The zero-order valence-corrected chi connectivity index (χ0v) is 28.6. The highest BCUT2D eigenvalue weighted by Crippen LogP contribution is 2.40. The van der Waals surface area contributed by atoms with Gasteiger partial charge in [-0.1, -0.05) is 0 Å². The van der Waals surface area contributed by atoms with Crippen LogP contribution in [0.3, 0.4) is 0 Å². The van der Waals surface area contributed by atoms with E-state index in [1.807, 2.05) is 34.1 Å². The van der Waals surface area contributed by atoms with Gasteiger partial charge < -0.3 is 24.6 Å². The fourth-order valence-corrected chi connectivity index (χ4v) is 6.85. The number of nitrogens with zero attached hydrogens (tertiary/aromatic N) is 6. The van der Waals surface area contributed by atoms with Crippen molar-refractivity contribution in [3.63, 3.8) is 0 Å². The summed E-state index contributed by atoms with van der Waals surface area (Å²) >= 11 is 0. The minimum atomic E-state index is -4.62. The molecule has 2 saturated heterocycles. The lowest BCUT2D eigenvalue weighted by Gasteiger charge is -2.37. The third kappa shape index (κ3) is 7.01. The molecule has 15 heteroatoms. The Labute approximate surface area is 297 Å². The van der Waals surface area contributed by atoms with Gasteiger partial charge in [0, 0.05) is 86.7 Å². The molecule has 4 heterocycles. The topological polar surface area (TPSA) is 129 Å². The average molecular weight is 715 g/mol. The van der Waals surface area contributed by atoms with Crippen molar-refractivity contribution in [3.05, 3.63) is 84.7 Å². The van der Waals surface area contributed by atoms with Crippen molar-refractivity contribution in [2.45, 2.75) is 18.2 Å². The van der Waals surface area contributed by atoms with Crippen LogP contribution in [0.5, 0.6) is 5.75 Å². The van der Waals surface area contributed by atoms with Crippen molar-refractivity contribution in [2.24, 2.45) is 0 Å². The summed E-state index contributed by atoms with van der Waals surface area (Å²) in [4.78, 5) is 41.7. The smallest absolute Gasteiger partial charge is 0.419 e. The number of amides is 2. The fraction of sp³-hybridized carbons (Fsp3) is 0.324. The minimum Gasteiger partial charge on any atom is -0.496 e. The monoisotopic (exact) mass is 714 g/mol. The van der Waals surface area contributed by atoms with Crippen LogP contribution in [0.2, 0.25) is 0 Å². The molecule has 270 valence electrons. The van der Waals surface area contributed by atoms with Crippen LogP contribution in [-0.2, 0) is 20.5 Å². The van der Waals surface area contributed by atoms with E-state index in [2.05, 4.69) is 30.4 Å². The van der Waals surface area contributed by atoms with Crippen LogP contribution in [0.25, 0.3) is 33.5 Å². The number of H-pyrrole nitrogens is 1.